The predicted molar refractivity (Wildman–Crippen MR) is 81.7 cm³/mol. The van der Waals surface area contributed by atoms with Gasteiger partial charge < -0.3 is 10.4 Å². The Bertz CT molecular complexity index is 672. The third kappa shape index (κ3) is 3.11. The van der Waals surface area contributed by atoms with E-state index in [0.717, 1.165) is 0 Å². The number of rotatable bonds is 4. The van der Waals surface area contributed by atoms with Crippen molar-refractivity contribution in [2.45, 2.75) is 26.3 Å². The van der Waals surface area contributed by atoms with Gasteiger partial charge in [-0.3, -0.25) is 14.6 Å². The number of carbonyl (C=O) groups is 3. The summed E-state index contributed by atoms with van der Waals surface area (Å²) in [6, 6.07) is 1.21. The Balaban J connectivity index is 0.00000242. The molecule has 2 N–H and O–H groups in total. The summed E-state index contributed by atoms with van der Waals surface area (Å²) in [7, 11) is 0. The third-order valence-electron chi connectivity index (χ3n) is 3.66. The number of hydrogen-bond donors (Lipinski definition) is 2. The Morgan fingerprint density at radius 2 is 2.09 bits per heavy atom. The fourth-order valence-corrected chi connectivity index (χ4v) is 1.95. The molecule has 8 heteroatoms. The van der Waals surface area contributed by atoms with Gasteiger partial charge in [-0.05, 0) is 18.9 Å². The molecule has 7 nitrogen and oxygen atoms in total. The molecular formula is C14H16N3NaO4. The van der Waals surface area contributed by atoms with Crippen LogP contribution in [0, 0.1) is 5.92 Å². The monoisotopic (exact) mass is 313 g/mol. The van der Waals surface area contributed by atoms with Crippen molar-refractivity contribution in [1.82, 2.24) is 10.3 Å². The maximum absolute atomic E-state index is 12.1. The molecule has 0 bridgehead atoms. The number of carbonyl (C=O) groups excluding carboxylic acids is 2. The number of amidine groups is 1. The van der Waals surface area contributed by atoms with E-state index in [1.165, 1.54) is 12.3 Å². The molecule has 0 aliphatic carbocycles. The third-order valence-corrected chi connectivity index (χ3v) is 3.66. The zero-order valence-electron chi connectivity index (χ0n) is 11.9. The van der Waals surface area contributed by atoms with Crippen LogP contribution in [0.25, 0.3) is 0 Å². The van der Waals surface area contributed by atoms with Gasteiger partial charge in [0.1, 0.15) is 11.2 Å². The molecule has 0 saturated heterocycles. The van der Waals surface area contributed by atoms with Crippen molar-refractivity contribution >= 4 is 53.6 Å². The molecule has 1 unspecified atom stereocenters. The molecule has 0 spiro atoms. The molecule has 2 heterocycles. The van der Waals surface area contributed by atoms with E-state index in [4.69, 9.17) is 0 Å². The van der Waals surface area contributed by atoms with Crippen molar-refractivity contribution in [1.29, 1.82) is 0 Å². The van der Waals surface area contributed by atoms with E-state index in [2.05, 4.69) is 15.3 Å². The number of hydrogen-bond acceptors (Lipinski definition) is 5. The van der Waals surface area contributed by atoms with Crippen LogP contribution in [0.2, 0.25) is 0 Å². The fraction of sp³-hybridized carbons (Fsp3) is 0.357. The molecule has 0 aromatic carbocycles. The van der Waals surface area contributed by atoms with Crippen LogP contribution in [0.4, 0.5) is 0 Å². The average Bonchev–Trinajstić information content (AvgIpc) is 2.75. The Kier molecular flexibility index (Phi) is 5.61. The van der Waals surface area contributed by atoms with Gasteiger partial charge >= 0.3 is 35.5 Å². The first-order valence-corrected chi connectivity index (χ1v) is 6.39. The summed E-state index contributed by atoms with van der Waals surface area (Å²) >= 11 is 0. The van der Waals surface area contributed by atoms with Crippen LogP contribution in [0.1, 0.15) is 47.2 Å². The number of nitrogens with zero attached hydrogens (tertiary/aromatic N) is 2. The van der Waals surface area contributed by atoms with Crippen LogP contribution in [0.3, 0.4) is 0 Å². The number of carboxylic acid groups (broad SMARTS) is 1. The number of amides is 1. The molecule has 1 aromatic heterocycles. The van der Waals surface area contributed by atoms with Crippen molar-refractivity contribution in [3.8, 4) is 0 Å². The van der Waals surface area contributed by atoms with Crippen molar-refractivity contribution in [2.75, 3.05) is 0 Å². The van der Waals surface area contributed by atoms with Crippen LogP contribution in [0.5, 0.6) is 0 Å². The van der Waals surface area contributed by atoms with Gasteiger partial charge in [-0.1, -0.05) is 13.8 Å². The van der Waals surface area contributed by atoms with E-state index < -0.39 is 11.5 Å². The minimum atomic E-state index is -1.24. The molecule has 22 heavy (non-hydrogen) atoms. The van der Waals surface area contributed by atoms with Gasteiger partial charge in [-0.15, -0.1) is 0 Å². The van der Waals surface area contributed by atoms with Gasteiger partial charge in [0.2, 0.25) is 0 Å². The SMILES string of the molecule is CC(C)C1(C)N=C(c2ncc(C=O)cc2C(=O)O)NC1=O.[NaH]. The molecule has 112 valence electrons. The quantitative estimate of drug-likeness (QED) is 0.611. The zero-order chi connectivity index (χ0) is 15.8. The normalized spacial score (nSPS) is 20.2. The van der Waals surface area contributed by atoms with Crippen LogP contribution in [-0.4, -0.2) is 69.2 Å². The van der Waals surface area contributed by atoms with E-state index >= 15 is 0 Å². The first-order chi connectivity index (χ1) is 9.79. The predicted octanol–water partition coefficient (Wildman–Crippen LogP) is 0.235. The topological polar surface area (TPSA) is 109 Å². The molecule has 1 aliphatic rings. The van der Waals surface area contributed by atoms with E-state index in [0.29, 0.717) is 6.29 Å². The number of aliphatic imine (C=N–C) groups is 1. The standard InChI is InChI=1S/C14H15N3O4.Na.H/c1-7(2)14(3)13(21)16-11(17-14)10-9(12(19)20)4-8(6-18)5-15-10;;/h4-7H,1-3H3,(H,19,20)(H,16,17,21);;. The zero-order valence-corrected chi connectivity index (χ0v) is 11.9. The van der Waals surface area contributed by atoms with Crippen LogP contribution < -0.4 is 5.32 Å². The maximum atomic E-state index is 12.1. The Morgan fingerprint density at radius 3 is 2.55 bits per heavy atom. The van der Waals surface area contributed by atoms with E-state index in [-0.39, 0.29) is 64.0 Å². The summed E-state index contributed by atoms with van der Waals surface area (Å²) in [5, 5.41) is 11.8. The molecule has 2 rings (SSSR count). The summed E-state index contributed by atoms with van der Waals surface area (Å²) < 4.78 is 0. The summed E-state index contributed by atoms with van der Waals surface area (Å²) in [4.78, 5) is 42.4. The van der Waals surface area contributed by atoms with Crippen LogP contribution >= 0.6 is 0 Å². The molecular weight excluding hydrogens is 297 g/mol. The molecule has 0 saturated carbocycles. The van der Waals surface area contributed by atoms with Crippen molar-refractivity contribution in [2.24, 2.45) is 10.9 Å². The van der Waals surface area contributed by atoms with Crippen LogP contribution in [0.15, 0.2) is 17.3 Å². The molecule has 1 amide bonds. The van der Waals surface area contributed by atoms with Crippen molar-refractivity contribution in [3.05, 3.63) is 29.1 Å². The summed E-state index contributed by atoms with van der Waals surface area (Å²) in [6.45, 7) is 5.39. The Morgan fingerprint density at radius 1 is 1.45 bits per heavy atom. The summed E-state index contributed by atoms with van der Waals surface area (Å²) in [6.07, 6.45) is 1.75. The van der Waals surface area contributed by atoms with Crippen molar-refractivity contribution in [3.63, 3.8) is 0 Å². The van der Waals surface area contributed by atoms with Gasteiger partial charge in [0.15, 0.2) is 12.1 Å². The number of aromatic nitrogens is 1. The first-order valence-electron chi connectivity index (χ1n) is 6.39. The second-order valence-electron chi connectivity index (χ2n) is 5.30. The van der Waals surface area contributed by atoms with Gasteiger partial charge in [0.25, 0.3) is 5.91 Å². The van der Waals surface area contributed by atoms with Crippen LogP contribution in [-0.2, 0) is 4.79 Å². The minimum absolute atomic E-state index is 0. The second-order valence-corrected chi connectivity index (χ2v) is 5.30. The Hall–Kier alpha value is -1.57. The summed E-state index contributed by atoms with van der Waals surface area (Å²) in [5.74, 6) is -1.48. The molecule has 1 aromatic rings. The Labute approximate surface area is 149 Å². The number of aromatic carboxylic acids is 1. The molecule has 0 fully saturated rings. The average molecular weight is 313 g/mol. The number of pyridine rings is 1. The molecule has 0 radical (unpaired) electrons. The second kappa shape index (κ2) is 6.68. The first kappa shape index (κ1) is 18.5. The molecule has 1 atom stereocenters. The fourth-order valence-electron chi connectivity index (χ4n) is 1.95. The van der Waals surface area contributed by atoms with Gasteiger partial charge in [0.05, 0.1) is 5.56 Å². The number of nitrogens with one attached hydrogen (secondary N) is 1. The van der Waals surface area contributed by atoms with Gasteiger partial charge in [0, 0.05) is 11.8 Å². The van der Waals surface area contributed by atoms with E-state index in [1.807, 2.05) is 13.8 Å². The summed E-state index contributed by atoms with van der Waals surface area (Å²) in [5.41, 5.74) is -0.944. The molecule has 1 aliphatic heterocycles. The van der Waals surface area contributed by atoms with E-state index in [1.54, 1.807) is 6.92 Å². The van der Waals surface area contributed by atoms with Crippen molar-refractivity contribution < 1.29 is 19.5 Å². The number of aldehydes is 1. The number of carboxylic acids is 1. The van der Waals surface area contributed by atoms with E-state index in [9.17, 15) is 19.5 Å². The van der Waals surface area contributed by atoms with Gasteiger partial charge in [-0.25, -0.2) is 9.79 Å². The van der Waals surface area contributed by atoms with Gasteiger partial charge in [-0.2, -0.15) is 0 Å².